The van der Waals surface area contributed by atoms with Crippen LogP contribution in [0.1, 0.15) is 11.8 Å². The predicted octanol–water partition coefficient (Wildman–Crippen LogP) is 4.61. The molecule has 0 atom stereocenters. The molecule has 4 rings (SSSR count). The van der Waals surface area contributed by atoms with Gasteiger partial charge in [0.2, 0.25) is 0 Å². The lowest BCUT2D eigenvalue weighted by Gasteiger charge is -2.19. The topological polar surface area (TPSA) is 61.9 Å². The van der Waals surface area contributed by atoms with E-state index in [0.29, 0.717) is 23.6 Å². The smallest absolute Gasteiger partial charge is 0.282 e. The minimum absolute atomic E-state index is 0.270. The molecule has 0 bridgehead atoms. The first-order valence-corrected chi connectivity index (χ1v) is 10.8. The van der Waals surface area contributed by atoms with Crippen molar-refractivity contribution >= 4 is 45.8 Å². The zero-order valence-corrected chi connectivity index (χ0v) is 18.4. The molecule has 0 saturated carbocycles. The fourth-order valence-electron chi connectivity index (χ4n) is 3.39. The largest absolute Gasteiger partial charge is 0.494 e. The Morgan fingerprint density at radius 1 is 1.00 bits per heavy atom. The van der Waals surface area contributed by atoms with E-state index in [1.807, 2.05) is 85.9 Å². The van der Waals surface area contributed by atoms with E-state index in [9.17, 15) is 9.59 Å². The first kappa shape index (κ1) is 20.7. The Kier molecular flexibility index (Phi) is 5.77. The number of carbonyl (C=O) groups excluding carboxylic acids is 2. The van der Waals surface area contributed by atoms with Crippen molar-refractivity contribution in [3.05, 3.63) is 76.6 Å². The summed E-state index contributed by atoms with van der Waals surface area (Å²) in [5.41, 5.74) is 2.80. The number of carbonyl (C=O) groups is 2. The van der Waals surface area contributed by atoms with Crippen molar-refractivity contribution in [1.82, 2.24) is 0 Å². The molecule has 0 spiro atoms. The van der Waals surface area contributed by atoms with Gasteiger partial charge in [0.05, 0.1) is 17.9 Å². The van der Waals surface area contributed by atoms with Crippen molar-refractivity contribution in [1.29, 1.82) is 0 Å². The van der Waals surface area contributed by atoms with Crippen LogP contribution in [0, 0.1) is 0 Å². The molecule has 2 heterocycles. The first-order chi connectivity index (χ1) is 15.0. The van der Waals surface area contributed by atoms with E-state index < -0.39 is 0 Å². The van der Waals surface area contributed by atoms with Crippen LogP contribution in [0.15, 0.2) is 71.7 Å². The van der Waals surface area contributed by atoms with E-state index in [1.165, 1.54) is 16.2 Å². The minimum atomic E-state index is -0.377. The summed E-state index contributed by atoms with van der Waals surface area (Å²) in [7, 11) is 3.84. The van der Waals surface area contributed by atoms with Gasteiger partial charge in [0.15, 0.2) is 0 Å². The number of hydrogen-bond acceptors (Lipinski definition) is 6. The van der Waals surface area contributed by atoms with Crippen molar-refractivity contribution in [2.45, 2.75) is 6.92 Å². The van der Waals surface area contributed by atoms with Gasteiger partial charge in [-0.1, -0.05) is 12.1 Å². The Morgan fingerprint density at radius 2 is 1.77 bits per heavy atom. The summed E-state index contributed by atoms with van der Waals surface area (Å²) in [6, 6.07) is 18.4. The molecule has 0 unspecified atom stereocenters. The third-order valence-electron chi connectivity index (χ3n) is 4.89. The van der Waals surface area contributed by atoms with E-state index in [4.69, 9.17) is 4.74 Å². The number of benzene rings is 2. The van der Waals surface area contributed by atoms with Crippen molar-refractivity contribution < 1.29 is 14.3 Å². The molecule has 31 heavy (non-hydrogen) atoms. The Hall–Kier alpha value is -3.58. The maximum absolute atomic E-state index is 13.4. The van der Waals surface area contributed by atoms with Gasteiger partial charge >= 0.3 is 0 Å². The van der Waals surface area contributed by atoms with Gasteiger partial charge in [0.25, 0.3) is 11.8 Å². The van der Waals surface area contributed by atoms with Gasteiger partial charge < -0.3 is 15.0 Å². The fourth-order valence-corrected chi connectivity index (χ4v) is 4.15. The molecule has 0 saturated heterocycles. The Morgan fingerprint density at radius 3 is 2.42 bits per heavy atom. The van der Waals surface area contributed by atoms with E-state index in [2.05, 4.69) is 5.32 Å². The van der Waals surface area contributed by atoms with Crippen molar-refractivity contribution in [2.75, 3.05) is 35.8 Å². The van der Waals surface area contributed by atoms with Crippen LogP contribution in [-0.2, 0) is 9.59 Å². The van der Waals surface area contributed by atoms with Crippen LogP contribution in [0.2, 0.25) is 0 Å². The van der Waals surface area contributed by atoms with Crippen LogP contribution in [0.4, 0.5) is 17.1 Å². The number of anilines is 3. The standard InChI is InChI=1S/C24H23N3O3S/c1-4-30-19-12-10-16(11-13-19)25-22-21(20-9-6-14-31-20)23(28)27(24(22)29)18-8-5-7-17(15-18)26(2)3/h5-15,25H,4H2,1-3H3. The average Bonchev–Trinajstić information content (AvgIpc) is 3.36. The second-order valence-corrected chi connectivity index (χ2v) is 8.12. The summed E-state index contributed by atoms with van der Waals surface area (Å²) in [4.78, 5) is 30.8. The number of imide groups is 1. The summed E-state index contributed by atoms with van der Waals surface area (Å²) in [6.07, 6.45) is 0. The van der Waals surface area contributed by atoms with Crippen LogP contribution < -0.4 is 19.9 Å². The summed E-state index contributed by atoms with van der Waals surface area (Å²) in [5, 5.41) is 5.07. The third kappa shape index (κ3) is 4.04. The number of nitrogens with one attached hydrogen (secondary N) is 1. The lowest BCUT2D eigenvalue weighted by atomic mass is 10.2. The lowest BCUT2D eigenvalue weighted by Crippen LogP contribution is -2.32. The number of hydrogen-bond donors (Lipinski definition) is 1. The summed E-state index contributed by atoms with van der Waals surface area (Å²) in [5.74, 6) is 0.0337. The molecule has 1 aliphatic heterocycles. The maximum atomic E-state index is 13.4. The third-order valence-corrected chi connectivity index (χ3v) is 5.78. The number of amides is 2. The van der Waals surface area contributed by atoms with Crippen molar-refractivity contribution in [3.63, 3.8) is 0 Å². The van der Waals surface area contributed by atoms with Crippen LogP contribution in [0.25, 0.3) is 5.57 Å². The van der Waals surface area contributed by atoms with Gasteiger partial charge in [0, 0.05) is 30.3 Å². The van der Waals surface area contributed by atoms with Gasteiger partial charge in [-0.2, -0.15) is 0 Å². The quantitative estimate of drug-likeness (QED) is 0.552. The van der Waals surface area contributed by atoms with Crippen LogP contribution >= 0.6 is 11.3 Å². The molecule has 0 radical (unpaired) electrons. The monoisotopic (exact) mass is 433 g/mol. The number of thiophene rings is 1. The van der Waals surface area contributed by atoms with Crippen molar-refractivity contribution in [3.8, 4) is 5.75 Å². The fraction of sp³-hybridized carbons (Fsp3) is 0.167. The Balaban J connectivity index is 1.72. The molecular weight excluding hydrogens is 410 g/mol. The highest BCUT2D eigenvalue weighted by Crippen LogP contribution is 2.36. The molecule has 2 amide bonds. The first-order valence-electron chi connectivity index (χ1n) is 9.93. The van der Waals surface area contributed by atoms with E-state index in [-0.39, 0.29) is 17.5 Å². The maximum Gasteiger partial charge on any atom is 0.282 e. The summed E-state index contributed by atoms with van der Waals surface area (Å²) in [6.45, 7) is 2.50. The SMILES string of the molecule is CCOc1ccc(NC2=C(c3cccs3)C(=O)N(c3cccc(N(C)C)c3)C2=O)cc1. The van der Waals surface area contributed by atoms with Gasteiger partial charge in [0.1, 0.15) is 11.4 Å². The summed E-state index contributed by atoms with van der Waals surface area (Å²) < 4.78 is 5.48. The van der Waals surface area contributed by atoms with E-state index in [1.54, 1.807) is 6.07 Å². The average molecular weight is 434 g/mol. The molecule has 1 aliphatic rings. The highest BCUT2D eigenvalue weighted by molar-refractivity contribution is 7.11. The van der Waals surface area contributed by atoms with E-state index >= 15 is 0 Å². The Bertz CT molecular complexity index is 1140. The molecule has 158 valence electrons. The summed E-state index contributed by atoms with van der Waals surface area (Å²) >= 11 is 1.43. The van der Waals surface area contributed by atoms with Crippen LogP contribution in [0.5, 0.6) is 5.75 Å². The predicted molar refractivity (Wildman–Crippen MR) is 126 cm³/mol. The van der Waals surface area contributed by atoms with Gasteiger partial charge in [-0.15, -0.1) is 11.3 Å². The second-order valence-electron chi connectivity index (χ2n) is 7.17. The second kappa shape index (κ2) is 8.65. The van der Waals surface area contributed by atoms with Gasteiger partial charge in [-0.3, -0.25) is 9.59 Å². The molecule has 0 aliphatic carbocycles. The Labute approximate surface area is 185 Å². The van der Waals surface area contributed by atoms with Gasteiger partial charge in [-0.25, -0.2) is 4.90 Å². The molecule has 7 heteroatoms. The lowest BCUT2D eigenvalue weighted by molar-refractivity contribution is -0.120. The van der Waals surface area contributed by atoms with Crippen LogP contribution in [-0.4, -0.2) is 32.5 Å². The highest BCUT2D eigenvalue weighted by atomic mass is 32.1. The number of nitrogens with zero attached hydrogens (tertiary/aromatic N) is 2. The number of ether oxygens (including phenoxy) is 1. The van der Waals surface area contributed by atoms with E-state index in [0.717, 1.165) is 16.3 Å². The highest BCUT2D eigenvalue weighted by Gasteiger charge is 2.40. The van der Waals surface area contributed by atoms with Crippen LogP contribution in [0.3, 0.4) is 0 Å². The van der Waals surface area contributed by atoms with Gasteiger partial charge in [-0.05, 0) is 60.8 Å². The molecule has 3 aromatic rings. The molecular formula is C24H23N3O3S. The number of rotatable bonds is 7. The molecule has 6 nitrogen and oxygen atoms in total. The zero-order chi connectivity index (χ0) is 22.0. The molecule has 0 fully saturated rings. The minimum Gasteiger partial charge on any atom is -0.494 e. The van der Waals surface area contributed by atoms with Crippen molar-refractivity contribution in [2.24, 2.45) is 0 Å². The zero-order valence-electron chi connectivity index (χ0n) is 17.6. The molecule has 2 aromatic carbocycles. The molecule has 1 aromatic heterocycles. The molecule has 1 N–H and O–H groups in total. The normalized spacial score (nSPS) is 13.7.